The Labute approximate surface area is 185 Å². The Morgan fingerprint density at radius 3 is 2.33 bits per heavy atom. The summed E-state index contributed by atoms with van der Waals surface area (Å²) in [7, 11) is 3.95. The molecule has 1 aromatic heterocycles. The number of hydrogen-bond acceptors (Lipinski definition) is 3. The van der Waals surface area contributed by atoms with Crippen LogP contribution in [0.5, 0.6) is 0 Å². The number of rotatable bonds is 4. The molecule has 150 valence electrons. The number of aromatic nitrogens is 1. The van der Waals surface area contributed by atoms with Crippen molar-refractivity contribution < 1.29 is 4.79 Å². The highest BCUT2D eigenvalue weighted by molar-refractivity contribution is 6.42. The molecule has 0 fully saturated rings. The fourth-order valence-electron chi connectivity index (χ4n) is 3.21. The van der Waals surface area contributed by atoms with E-state index in [0.29, 0.717) is 21.3 Å². The summed E-state index contributed by atoms with van der Waals surface area (Å²) in [5.74, 6) is -0.201. The van der Waals surface area contributed by atoms with Gasteiger partial charge in [-0.25, -0.2) is 4.98 Å². The van der Waals surface area contributed by atoms with E-state index in [4.69, 9.17) is 28.2 Å². The predicted molar refractivity (Wildman–Crippen MR) is 126 cm³/mol. The van der Waals surface area contributed by atoms with Crippen LogP contribution in [0.2, 0.25) is 10.0 Å². The van der Waals surface area contributed by atoms with Gasteiger partial charge in [-0.1, -0.05) is 47.5 Å². The number of nitrogens with one attached hydrogen (secondary N) is 1. The van der Waals surface area contributed by atoms with Gasteiger partial charge in [-0.3, -0.25) is 4.79 Å². The van der Waals surface area contributed by atoms with Gasteiger partial charge >= 0.3 is 0 Å². The van der Waals surface area contributed by atoms with Gasteiger partial charge in [0.2, 0.25) is 0 Å². The number of para-hydroxylation sites is 1. The third-order valence-electron chi connectivity index (χ3n) is 4.82. The maximum atomic E-state index is 13.2. The van der Waals surface area contributed by atoms with Gasteiger partial charge in [0, 0.05) is 36.4 Å². The number of hydrogen-bond donors (Lipinski definition) is 1. The average molecular weight is 436 g/mol. The smallest absolute Gasteiger partial charge is 0.256 e. The van der Waals surface area contributed by atoms with Crippen LogP contribution in [-0.4, -0.2) is 25.0 Å². The standard InChI is InChI=1S/C24H19Cl2N3O/c1-29(2)17-10-8-16(9-11-17)27-24(30)19-14-23(15-7-12-20(25)21(26)13-15)28-22-6-4-3-5-18(19)22/h3-14H,1-2H3,(H,27,30). The van der Waals surface area contributed by atoms with Crippen LogP contribution in [0, 0.1) is 0 Å². The number of anilines is 2. The SMILES string of the molecule is CN(C)c1ccc(NC(=O)c2cc(-c3ccc(Cl)c(Cl)c3)nc3ccccc23)cc1. The third-order valence-corrected chi connectivity index (χ3v) is 5.56. The van der Waals surface area contributed by atoms with E-state index >= 15 is 0 Å². The Morgan fingerprint density at radius 2 is 1.63 bits per heavy atom. The Morgan fingerprint density at radius 1 is 0.900 bits per heavy atom. The van der Waals surface area contributed by atoms with Gasteiger partial charge in [-0.15, -0.1) is 0 Å². The minimum atomic E-state index is -0.201. The van der Waals surface area contributed by atoms with E-state index < -0.39 is 0 Å². The normalized spacial score (nSPS) is 10.8. The van der Waals surface area contributed by atoms with Gasteiger partial charge in [-0.2, -0.15) is 0 Å². The van der Waals surface area contributed by atoms with E-state index in [0.717, 1.165) is 27.8 Å². The third kappa shape index (κ3) is 4.11. The van der Waals surface area contributed by atoms with Crippen molar-refractivity contribution >= 4 is 51.4 Å². The van der Waals surface area contributed by atoms with Crippen LogP contribution in [0.15, 0.2) is 72.8 Å². The second kappa shape index (κ2) is 8.34. The summed E-state index contributed by atoms with van der Waals surface area (Å²) in [5.41, 5.74) is 4.50. The van der Waals surface area contributed by atoms with Gasteiger partial charge in [0.05, 0.1) is 26.8 Å². The molecule has 0 aliphatic rings. The van der Waals surface area contributed by atoms with Crippen LogP contribution in [0.3, 0.4) is 0 Å². The molecule has 0 aliphatic heterocycles. The molecule has 0 saturated heterocycles. The highest BCUT2D eigenvalue weighted by Crippen LogP contribution is 2.30. The van der Waals surface area contributed by atoms with Crippen LogP contribution in [0.1, 0.15) is 10.4 Å². The maximum Gasteiger partial charge on any atom is 0.256 e. The van der Waals surface area contributed by atoms with Gasteiger partial charge in [-0.05, 0) is 48.5 Å². The molecule has 0 spiro atoms. The van der Waals surface area contributed by atoms with Crippen molar-refractivity contribution in [2.45, 2.75) is 0 Å². The molecular formula is C24H19Cl2N3O. The lowest BCUT2D eigenvalue weighted by Crippen LogP contribution is -2.13. The first-order valence-electron chi connectivity index (χ1n) is 9.36. The molecule has 0 bridgehead atoms. The van der Waals surface area contributed by atoms with E-state index in [2.05, 4.69) is 5.32 Å². The monoisotopic (exact) mass is 435 g/mol. The molecule has 0 saturated carbocycles. The molecule has 4 rings (SSSR count). The van der Waals surface area contributed by atoms with Gasteiger partial charge in [0.1, 0.15) is 0 Å². The van der Waals surface area contributed by atoms with Crippen molar-refractivity contribution in [1.82, 2.24) is 4.98 Å². The first kappa shape index (κ1) is 20.2. The van der Waals surface area contributed by atoms with E-state index in [1.165, 1.54) is 0 Å². The summed E-state index contributed by atoms with van der Waals surface area (Å²) in [6, 6.07) is 22.4. The number of pyridine rings is 1. The van der Waals surface area contributed by atoms with Crippen LogP contribution in [0.4, 0.5) is 11.4 Å². The highest BCUT2D eigenvalue weighted by atomic mass is 35.5. The Kier molecular flexibility index (Phi) is 5.62. The van der Waals surface area contributed by atoms with Crippen molar-refractivity contribution in [3.8, 4) is 11.3 Å². The highest BCUT2D eigenvalue weighted by Gasteiger charge is 2.15. The molecule has 1 amide bonds. The average Bonchev–Trinajstić information content (AvgIpc) is 2.75. The molecule has 4 nitrogen and oxygen atoms in total. The lowest BCUT2D eigenvalue weighted by atomic mass is 10.0. The lowest BCUT2D eigenvalue weighted by molar-refractivity contribution is 0.102. The fraction of sp³-hybridized carbons (Fsp3) is 0.0833. The number of carbonyl (C=O) groups is 1. The second-order valence-corrected chi connectivity index (χ2v) is 7.91. The number of carbonyl (C=O) groups excluding carboxylic acids is 1. The first-order chi connectivity index (χ1) is 14.4. The molecule has 0 atom stereocenters. The zero-order chi connectivity index (χ0) is 21.3. The molecule has 3 aromatic carbocycles. The number of halogens is 2. The van der Waals surface area contributed by atoms with Crippen molar-refractivity contribution in [2.75, 3.05) is 24.3 Å². The lowest BCUT2D eigenvalue weighted by Gasteiger charge is -2.14. The molecule has 0 radical (unpaired) electrons. The summed E-state index contributed by atoms with van der Waals surface area (Å²) in [6.07, 6.45) is 0. The zero-order valence-electron chi connectivity index (χ0n) is 16.5. The number of nitrogens with zero attached hydrogens (tertiary/aromatic N) is 2. The summed E-state index contributed by atoms with van der Waals surface area (Å²) in [5, 5.41) is 4.68. The van der Waals surface area contributed by atoms with Crippen molar-refractivity contribution in [3.05, 3.63) is 88.4 Å². The van der Waals surface area contributed by atoms with E-state index in [1.807, 2.05) is 73.6 Å². The second-order valence-electron chi connectivity index (χ2n) is 7.10. The van der Waals surface area contributed by atoms with E-state index in [9.17, 15) is 4.79 Å². The number of benzene rings is 3. The van der Waals surface area contributed by atoms with Crippen LogP contribution >= 0.6 is 23.2 Å². The topological polar surface area (TPSA) is 45.2 Å². The maximum absolute atomic E-state index is 13.2. The molecular weight excluding hydrogens is 417 g/mol. The Balaban J connectivity index is 1.75. The zero-order valence-corrected chi connectivity index (χ0v) is 18.0. The Hall–Kier alpha value is -3.08. The minimum Gasteiger partial charge on any atom is -0.378 e. The molecule has 0 unspecified atom stereocenters. The molecule has 30 heavy (non-hydrogen) atoms. The first-order valence-corrected chi connectivity index (χ1v) is 10.1. The molecule has 4 aromatic rings. The molecule has 1 N–H and O–H groups in total. The fourth-order valence-corrected chi connectivity index (χ4v) is 3.51. The minimum absolute atomic E-state index is 0.201. The van der Waals surface area contributed by atoms with E-state index in [1.54, 1.807) is 18.2 Å². The van der Waals surface area contributed by atoms with Crippen LogP contribution < -0.4 is 10.2 Å². The van der Waals surface area contributed by atoms with E-state index in [-0.39, 0.29) is 5.91 Å². The van der Waals surface area contributed by atoms with Gasteiger partial charge < -0.3 is 10.2 Å². The molecule has 6 heteroatoms. The summed E-state index contributed by atoms with van der Waals surface area (Å²) < 4.78 is 0. The molecule has 0 aliphatic carbocycles. The van der Waals surface area contributed by atoms with Gasteiger partial charge in [0.25, 0.3) is 5.91 Å². The summed E-state index contributed by atoms with van der Waals surface area (Å²) in [6.45, 7) is 0. The quantitative estimate of drug-likeness (QED) is 0.396. The summed E-state index contributed by atoms with van der Waals surface area (Å²) >= 11 is 12.2. The van der Waals surface area contributed by atoms with Crippen LogP contribution in [-0.2, 0) is 0 Å². The predicted octanol–water partition coefficient (Wildman–Crippen LogP) is 6.53. The number of fused-ring (bicyclic) bond motifs is 1. The van der Waals surface area contributed by atoms with Crippen molar-refractivity contribution in [1.29, 1.82) is 0 Å². The number of amides is 1. The van der Waals surface area contributed by atoms with Gasteiger partial charge in [0.15, 0.2) is 0 Å². The Bertz CT molecular complexity index is 1240. The van der Waals surface area contributed by atoms with Crippen LogP contribution in [0.25, 0.3) is 22.2 Å². The van der Waals surface area contributed by atoms with Crippen molar-refractivity contribution in [3.63, 3.8) is 0 Å². The summed E-state index contributed by atoms with van der Waals surface area (Å²) in [4.78, 5) is 19.9. The largest absolute Gasteiger partial charge is 0.378 e. The molecule has 1 heterocycles. The van der Waals surface area contributed by atoms with Crippen molar-refractivity contribution in [2.24, 2.45) is 0 Å².